The summed E-state index contributed by atoms with van der Waals surface area (Å²) in [6.45, 7) is 0.500. The molecule has 1 aliphatic carbocycles. The number of fused-ring (bicyclic) bond motifs is 1. The Morgan fingerprint density at radius 3 is 2.79 bits per heavy atom. The minimum Gasteiger partial charge on any atom is -0.396 e. The fourth-order valence-electron chi connectivity index (χ4n) is 3.23. The molecular formula is C19H21Cl2N3O3S. The third-order valence-electron chi connectivity index (χ3n) is 4.53. The van der Waals surface area contributed by atoms with E-state index in [1.165, 1.54) is 11.8 Å². The molecule has 1 aromatic heterocycles. The van der Waals surface area contributed by atoms with E-state index in [2.05, 4.69) is 10.3 Å². The Labute approximate surface area is 177 Å². The van der Waals surface area contributed by atoms with Crippen LogP contribution in [0.15, 0.2) is 28.0 Å². The van der Waals surface area contributed by atoms with E-state index in [0.717, 1.165) is 36.9 Å². The Bertz CT molecular complexity index is 933. The quantitative estimate of drug-likeness (QED) is 0.506. The second-order valence-corrected chi connectivity index (χ2v) is 8.30. The normalized spacial score (nSPS) is 13.2. The third-order valence-corrected chi connectivity index (χ3v) is 6.29. The molecular weight excluding hydrogens is 421 g/mol. The highest BCUT2D eigenvalue weighted by atomic mass is 35.5. The number of rotatable bonds is 7. The average molecular weight is 442 g/mol. The topological polar surface area (TPSA) is 84.2 Å². The maximum absolute atomic E-state index is 12.5. The summed E-state index contributed by atoms with van der Waals surface area (Å²) in [5.41, 5.74) is 2.29. The Kier molecular flexibility index (Phi) is 7.40. The van der Waals surface area contributed by atoms with E-state index < -0.39 is 0 Å². The second kappa shape index (κ2) is 9.78. The van der Waals surface area contributed by atoms with E-state index in [9.17, 15) is 9.59 Å². The van der Waals surface area contributed by atoms with E-state index in [-0.39, 0.29) is 24.0 Å². The Hall–Kier alpha value is -1.54. The SMILES string of the molecule is O=C(CSc1nc(=O)n(CCCO)c2c1CCCC2)Nc1ccc(Cl)c(Cl)c1. The maximum atomic E-state index is 12.5. The van der Waals surface area contributed by atoms with Crippen molar-refractivity contribution in [2.45, 2.75) is 43.7 Å². The van der Waals surface area contributed by atoms with Gasteiger partial charge < -0.3 is 10.4 Å². The molecule has 0 spiro atoms. The third kappa shape index (κ3) is 5.08. The van der Waals surface area contributed by atoms with Gasteiger partial charge in [0.25, 0.3) is 0 Å². The van der Waals surface area contributed by atoms with Crippen molar-refractivity contribution in [3.05, 3.63) is 50.0 Å². The molecule has 2 N–H and O–H groups in total. The van der Waals surface area contributed by atoms with Crippen LogP contribution in [0.2, 0.25) is 10.0 Å². The fourth-order valence-corrected chi connectivity index (χ4v) is 4.41. The second-order valence-electron chi connectivity index (χ2n) is 6.53. The summed E-state index contributed by atoms with van der Waals surface area (Å²) in [5, 5.41) is 13.3. The first kappa shape index (κ1) is 21.2. The minimum absolute atomic E-state index is 0.0343. The predicted molar refractivity (Wildman–Crippen MR) is 113 cm³/mol. The summed E-state index contributed by atoms with van der Waals surface area (Å²) in [5.74, 6) is -0.0704. The van der Waals surface area contributed by atoms with Crippen LogP contribution in [-0.2, 0) is 24.2 Å². The van der Waals surface area contributed by atoms with E-state index in [1.54, 1.807) is 22.8 Å². The summed E-state index contributed by atoms with van der Waals surface area (Å²) in [4.78, 5) is 29.0. The zero-order valence-corrected chi connectivity index (χ0v) is 17.5. The van der Waals surface area contributed by atoms with Crippen molar-refractivity contribution in [3.63, 3.8) is 0 Å². The first-order valence-corrected chi connectivity index (χ1v) is 10.8. The number of amides is 1. The number of benzene rings is 1. The number of thioether (sulfide) groups is 1. The van der Waals surface area contributed by atoms with E-state index in [0.29, 0.717) is 33.7 Å². The molecule has 9 heteroatoms. The predicted octanol–water partition coefficient (Wildman–Crippen LogP) is 3.54. The average Bonchev–Trinajstić information content (AvgIpc) is 2.68. The van der Waals surface area contributed by atoms with E-state index in [1.807, 2.05) is 0 Å². The molecule has 1 amide bonds. The lowest BCUT2D eigenvalue weighted by Crippen LogP contribution is -2.30. The molecule has 1 aliphatic rings. The summed E-state index contributed by atoms with van der Waals surface area (Å²) in [6.07, 6.45) is 4.25. The molecule has 0 saturated heterocycles. The Balaban J connectivity index is 1.73. The lowest BCUT2D eigenvalue weighted by Gasteiger charge is -2.22. The van der Waals surface area contributed by atoms with Crippen molar-refractivity contribution in [2.75, 3.05) is 17.7 Å². The molecule has 0 fully saturated rings. The number of nitrogens with one attached hydrogen (secondary N) is 1. The monoisotopic (exact) mass is 441 g/mol. The molecule has 0 atom stereocenters. The molecule has 2 aromatic rings. The van der Waals surface area contributed by atoms with Crippen molar-refractivity contribution in [2.24, 2.45) is 0 Å². The van der Waals surface area contributed by atoms with Gasteiger partial charge in [-0.25, -0.2) is 4.79 Å². The van der Waals surface area contributed by atoms with Gasteiger partial charge in [0.1, 0.15) is 5.03 Å². The first-order chi connectivity index (χ1) is 13.5. The van der Waals surface area contributed by atoms with Crippen LogP contribution < -0.4 is 11.0 Å². The Morgan fingerprint density at radius 1 is 1.25 bits per heavy atom. The molecule has 0 radical (unpaired) electrons. The van der Waals surface area contributed by atoms with Gasteiger partial charge in [-0.1, -0.05) is 35.0 Å². The van der Waals surface area contributed by atoms with Crippen LogP contribution in [0, 0.1) is 0 Å². The number of anilines is 1. The lowest BCUT2D eigenvalue weighted by molar-refractivity contribution is -0.113. The summed E-state index contributed by atoms with van der Waals surface area (Å²) >= 11 is 13.1. The van der Waals surface area contributed by atoms with Crippen molar-refractivity contribution in [1.29, 1.82) is 0 Å². The number of aliphatic hydroxyl groups excluding tert-OH is 1. The molecule has 0 aliphatic heterocycles. The van der Waals surface area contributed by atoms with Gasteiger partial charge in [0.2, 0.25) is 5.91 Å². The summed E-state index contributed by atoms with van der Waals surface area (Å²) in [7, 11) is 0. The van der Waals surface area contributed by atoms with Gasteiger partial charge in [-0.15, -0.1) is 0 Å². The van der Waals surface area contributed by atoms with Crippen LogP contribution >= 0.6 is 35.0 Å². The standard InChI is InChI=1S/C19H21Cl2N3O3S/c20-14-7-6-12(10-15(14)21)22-17(26)11-28-18-13-4-1-2-5-16(13)24(8-3-9-25)19(27)23-18/h6-7,10,25H,1-5,8-9,11H2,(H,22,26). The molecule has 1 aromatic carbocycles. The van der Waals surface area contributed by atoms with Gasteiger partial charge in [-0.2, -0.15) is 4.98 Å². The van der Waals surface area contributed by atoms with Gasteiger partial charge >= 0.3 is 5.69 Å². The summed E-state index contributed by atoms with van der Waals surface area (Å²) in [6, 6.07) is 4.89. The number of aromatic nitrogens is 2. The molecule has 0 bridgehead atoms. The van der Waals surface area contributed by atoms with Crippen molar-refractivity contribution >= 4 is 46.6 Å². The first-order valence-electron chi connectivity index (χ1n) is 9.10. The number of aliphatic hydroxyl groups is 1. The molecule has 28 heavy (non-hydrogen) atoms. The molecule has 6 nitrogen and oxygen atoms in total. The highest BCUT2D eigenvalue weighted by Gasteiger charge is 2.21. The highest BCUT2D eigenvalue weighted by molar-refractivity contribution is 8.00. The van der Waals surface area contributed by atoms with Gasteiger partial charge in [0.05, 0.1) is 15.8 Å². The van der Waals surface area contributed by atoms with E-state index >= 15 is 0 Å². The van der Waals surface area contributed by atoms with Crippen molar-refractivity contribution < 1.29 is 9.90 Å². The number of nitrogens with zero attached hydrogens (tertiary/aromatic N) is 2. The van der Waals surface area contributed by atoms with Crippen molar-refractivity contribution in [3.8, 4) is 0 Å². The Morgan fingerprint density at radius 2 is 2.04 bits per heavy atom. The molecule has 0 saturated carbocycles. The van der Waals surface area contributed by atoms with Gasteiger partial charge in [-0.3, -0.25) is 9.36 Å². The molecule has 3 rings (SSSR count). The van der Waals surface area contributed by atoms with Crippen LogP contribution in [0.25, 0.3) is 0 Å². The number of hydrogen-bond donors (Lipinski definition) is 2. The van der Waals surface area contributed by atoms with Crippen LogP contribution in [0.5, 0.6) is 0 Å². The van der Waals surface area contributed by atoms with Crippen LogP contribution in [-0.4, -0.2) is 32.9 Å². The minimum atomic E-state index is -0.318. The number of halogens is 2. The largest absolute Gasteiger partial charge is 0.396 e. The van der Waals surface area contributed by atoms with Crippen LogP contribution in [0.3, 0.4) is 0 Å². The lowest BCUT2D eigenvalue weighted by atomic mass is 9.97. The molecule has 0 unspecified atom stereocenters. The zero-order valence-electron chi connectivity index (χ0n) is 15.2. The summed E-state index contributed by atoms with van der Waals surface area (Å²) < 4.78 is 1.67. The smallest absolute Gasteiger partial charge is 0.348 e. The number of carbonyl (C=O) groups is 1. The van der Waals surface area contributed by atoms with Crippen LogP contribution in [0.1, 0.15) is 30.5 Å². The van der Waals surface area contributed by atoms with Gasteiger partial charge in [0.15, 0.2) is 0 Å². The van der Waals surface area contributed by atoms with Gasteiger partial charge in [0, 0.05) is 30.1 Å². The van der Waals surface area contributed by atoms with E-state index in [4.69, 9.17) is 28.3 Å². The zero-order chi connectivity index (χ0) is 20.1. The van der Waals surface area contributed by atoms with Crippen molar-refractivity contribution in [1.82, 2.24) is 9.55 Å². The van der Waals surface area contributed by atoms with Crippen LogP contribution in [0.4, 0.5) is 5.69 Å². The fraction of sp³-hybridized carbons (Fsp3) is 0.421. The number of hydrogen-bond acceptors (Lipinski definition) is 5. The highest BCUT2D eigenvalue weighted by Crippen LogP contribution is 2.29. The molecule has 150 valence electrons. The maximum Gasteiger partial charge on any atom is 0.348 e. The number of carbonyl (C=O) groups excluding carboxylic acids is 1. The van der Waals surface area contributed by atoms with Gasteiger partial charge in [-0.05, 0) is 50.3 Å². The molecule has 1 heterocycles.